The number of carbonyl (C=O) groups excluding carboxylic acids is 2. The monoisotopic (exact) mass is 563 g/mol. The highest BCUT2D eigenvalue weighted by Gasteiger charge is 2.35. The lowest BCUT2D eigenvalue weighted by Crippen LogP contribution is -2.27. The third-order valence-electron chi connectivity index (χ3n) is 5.25. The first-order chi connectivity index (χ1) is 17.1. The summed E-state index contributed by atoms with van der Waals surface area (Å²) in [5.74, 6) is -0.398. The van der Waals surface area contributed by atoms with Gasteiger partial charge in [-0.05, 0) is 66.7 Å². The van der Waals surface area contributed by atoms with Crippen molar-refractivity contribution in [2.75, 3.05) is 7.11 Å². The zero-order valence-corrected chi connectivity index (χ0v) is 22.2. The van der Waals surface area contributed by atoms with Crippen molar-refractivity contribution < 1.29 is 26.9 Å². The maximum atomic E-state index is 13.0. The molecule has 0 radical (unpaired) electrons. The quantitative estimate of drug-likeness (QED) is 0.245. The number of imide groups is 1. The molecular weight excluding hydrogens is 545 g/mol. The predicted octanol–water partition coefficient (Wildman–Crippen LogP) is 6.31. The molecule has 1 heterocycles. The summed E-state index contributed by atoms with van der Waals surface area (Å²) < 4.78 is 36.2. The highest BCUT2D eigenvalue weighted by Crippen LogP contribution is 2.37. The SMILES string of the molecule is COc1ccc(/C=C2\SC(=O)N(Cc3c(Cl)cccc3Cl)C2=O)cc1OS(=O)(=O)c1ccc(C)cc1. The minimum absolute atomic E-state index is 0.0140. The van der Waals surface area contributed by atoms with Crippen LogP contribution >= 0.6 is 35.0 Å². The van der Waals surface area contributed by atoms with Gasteiger partial charge in [-0.1, -0.05) is 53.0 Å². The number of ether oxygens (including phenoxy) is 1. The fourth-order valence-corrected chi connectivity index (χ4v) is 5.64. The van der Waals surface area contributed by atoms with Crippen LogP contribution in [0.15, 0.2) is 70.5 Å². The number of benzene rings is 3. The van der Waals surface area contributed by atoms with Crippen LogP contribution in [0.4, 0.5) is 4.79 Å². The summed E-state index contributed by atoms with van der Waals surface area (Å²) in [5.41, 5.74) is 1.80. The van der Waals surface area contributed by atoms with Gasteiger partial charge in [0.05, 0.1) is 18.6 Å². The van der Waals surface area contributed by atoms with E-state index in [9.17, 15) is 18.0 Å². The van der Waals surface area contributed by atoms with E-state index in [0.717, 1.165) is 22.2 Å². The van der Waals surface area contributed by atoms with Gasteiger partial charge in [-0.2, -0.15) is 8.42 Å². The van der Waals surface area contributed by atoms with Gasteiger partial charge in [0.25, 0.3) is 11.1 Å². The number of rotatable bonds is 7. The van der Waals surface area contributed by atoms with E-state index < -0.39 is 21.3 Å². The van der Waals surface area contributed by atoms with E-state index in [1.54, 1.807) is 36.4 Å². The van der Waals surface area contributed by atoms with E-state index in [1.807, 2.05) is 6.92 Å². The van der Waals surface area contributed by atoms with Crippen molar-refractivity contribution in [2.24, 2.45) is 0 Å². The summed E-state index contributed by atoms with van der Waals surface area (Å²) in [6.45, 7) is 1.76. The first-order valence-corrected chi connectivity index (χ1v) is 13.4. The third-order valence-corrected chi connectivity index (χ3v) is 8.11. The number of halogens is 2. The second kappa shape index (κ2) is 10.6. The largest absolute Gasteiger partial charge is 0.493 e. The molecule has 1 aliphatic heterocycles. The van der Waals surface area contributed by atoms with E-state index in [2.05, 4.69) is 0 Å². The standard InChI is InChI=1S/C25H19Cl2NO6S2/c1-15-6-9-17(10-7-15)36(31,32)34-22-12-16(8-11-21(22)33-2)13-23-24(29)28(25(30)35-23)14-18-19(26)4-3-5-20(18)27/h3-13H,14H2,1-2H3/b23-13-. The van der Waals surface area contributed by atoms with Crippen LogP contribution in [-0.2, 0) is 21.5 Å². The van der Waals surface area contributed by atoms with Crippen LogP contribution in [0.1, 0.15) is 16.7 Å². The number of methoxy groups -OCH3 is 1. The fourth-order valence-electron chi connectivity index (χ4n) is 3.35. The maximum Gasteiger partial charge on any atom is 0.339 e. The van der Waals surface area contributed by atoms with Gasteiger partial charge in [-0.15, -0.1) is 0 Å². The zero-order valence-electron chi connectivity index (χ0n) is 19.0. The minimum Gasteiger partial charge on any atom is -0.493 e. The molecule has 0 spiro atoms. The highest BCUT2D eigenvalue weighted by atomic mass is 35.5. The molecule has 11 heteroatoms. The average molecular weight is 564 g/mol. The Labute approximate surface area is 222 Å². The first-order valence-electron chi connectivity index (χ1n) is 10.5. The van der Waals surface area contributed by atoms with Crippen LogP contribution < -0.4 is 8.92 Å². The number of hydrogen-bond acceptors (Lipinski definition) is 7. The molecular formula is C25H19Cl2NO6S2. The van der Waals surface area contributed by atoms with Crippen LogP contribution in [0.25, 0.3) is 6.08 Å². The second-order valence-corrected chi connectivity index (χ2v) is 11.1. The second-order valence-electron chi connectivity index (χ2n) is 7.73. The van der Waals surface area contributed by atoms with E-state index in [0.29, 0.717) is 21.2 Å². The van der Waals surface area contributed by atoms with Gasteiger partial charge in [-0.3, -0.25) is 14.5 Å². The summed E-state index contributed by atoms with van der Waals surface area (Å²) in [6.07, 6.45) is 1.48. The van der Waals surface area contributed by atoms with Gasteiger partial charge in [0, 0.05) is 15.6 Å². The Morgan fingerprint density at radius 2 is 1.64 bits per heavy atom. The third kappa shape index (κ3) is 5.54. The van der Waals surface area contributed by atoms with Crippen molar-refractivity contribution >= 4 is 62.3 Å². The Morgan fingerprint density at radius 1 is 0.972 bits per heavy atom. The molecule has 0 atom stereocenters. The minimum atomic E-state index is -4.14. The first kappa shape index (κ1) is 26.1. The molecule has 3 aromatic carbocycles. The Hall–Kier alpha value is -2.98. The molecule has 0 unspecified atom stereocenters. The van der Waals surface area contributed by atoms with Gasteiger partial charge >= 0.3 is 10.1 Å². The predicted molar refractivity (Wildman–Crippen MR) is 140 cm³/mol. The molecule has 3 aromatic rings. The molecule has 36 heavy (non-hydrogen) atoms. The fraction of sp³-hybridized carbons (Fsp3) is 0.120. The number of aryl methyl sites for hydroxylation is 1. The van der Waals surface area contributed by atoms with E-state index >= 15 is 0 Å². The number of nitrogens with zero attached hydrogens (tertiary/aromatic N) is 1. The summed E-state index contributed by atoms with van der Waals surface area (Å²) in [4.78, 5) is 26.7. The normalized spacial score (nSPS) is 15.0. The van der Waals surface area contributed by atoms with Gasteiger partial charge in [0.2, 0.25) is 0 Å². The lowest BCUT2D eigenvalue weighted by Gasteiger charge is -2.14. The van der Waals surface area contributed by atoms with Crippen LogP contribution in [0.5, 0.6) is 11.5 Å². The molecule has 1 aliphatic rings. The van der Waals surface area contributed by atoms with Crippen LogP contribution in [0.3, 0.4) is 0 Å². The maximum absolute atomic E-state index is 13.0. The topological polar surface area (TPSA) is 90.0 Å². The Morgan fingerprint density at radius 3 is 2.28 bits per heavy atom. The molecule has 1 saturated heterocycles. The van der Waals surface area contributed by atoms with Crippen molar-refractivity contribution in [3.05, 3.63) is 92.3 Å². The molecule has 0 N–H and O–H groups in total. The van der Waals surface area contributed by atoms with Crippen molar-refractivity contribution in [2.45, 2.75) is 18.4 Å². The molecule has 0 saturated carbocycles. The number of thioether (sulfide) groups is 1. The summed E-state index contributed by atoms with van der Waals surface area (Å²) in [6, 6.07) is 15.7. The van der Waals surface area contributed by atoms with Crippen LogP contribution in [0, 0.1) is 6.92 Å². The van der Waals surface area contributed by atoms with E-state index in [-0.39, 0.29) is 27.8 Å². The average Bonchev–Trinajstić information content (AvgIpc) is 3.08. The zero-order chi connectivity index (χ0) is 26.0. The van der Waals surface area contributed by atoms with Crippen LogP contribution in [0.2, 0.25) is 10.0 Å². The number of hydrogen-bond donors (Lipinski definition) is 0. The van der Waals surface area contributed by atoms with Gasteiger partial charge in [0.15, 0.2) is 11.5 Å². The Bertz CT molecular complexity index is 1470. The summed E-state index contributed by atoms with van der Waals surface area (Å²) in [5, 5.41) is 0.212. The summed E-state index contributed by atoms with van der Waals surface area (Å²) >= 11 is 13.1. The van der Waals surface area contributed by atoms with E-state index in [1.165, 1.54) is 37.5 Å². The number of amides is 2. The summed E-state index contributed by atoms with van der Waals surface area (Å²) in [7, 11) is -2.76. The molecule has 0 bridgehead atoms. The Balaban J connectivity index is 1.61. The van der Waals surface area contributed by atoms with Crippen molar-refractivity contribution in [3.63, 3.8) is 0 Å². The lowest BCUT2D eigenvalue weighted by molar-refractivity contribution is -0.123. The molecule has 2 amide bonds. The smallest absolute Gasteiger partial charge is 0.339 e. The molecule has 1 fully saturated rings. The molecule has 0 aromatic heterocycles. The van der Waals surface area contributed by atoms with Crippen molar-refractivity contribution in [3.8, 4) is 11.5 Å². The van der Waals surface area contributed by atoms with Gasteiger partial charge in [-0.25, -0.2) is 0 Å². The van der Waals surface area contributed by atoms with E-state index in [4.69, 9.17) is 32.1 Å². The van der Waals surface area contributed by atoms with Crippen molar-refractivity contribution in [1.82, 2.24) is 4.90 Å². The molecule has 4 rings (SSSR count). The lowest BCUT2D eigenvalue weighted by atomic mass is 10.1. The Kier molecular flexibility index (Phi) is 7.65. The molecule has 186 valence electrons. The highest BCUT2D eigenvalue weighted by molar-refractivity contribution is 8.18. The van der Waals surface area contributed by atoms with Gasteiger partial charge in [0.1, 0.15) is 4.90 Å². The number of carbonyl (C=O) groups is 2. The van der Waals surface area contributed by atoms with Gasteiger partial charge < -0.3 is 8.92 Å². The van der Waals surface area contributed by atoms with Crippen LogP contribution in [-0.4, -0.2) is 31.6 Å². The molecule has 0 aliphatic carbocycles. The molecule has 7 nitrogen and oxygen atoms in total. The van der Waals surface area contributed by atoms with Crippen molar-refractivity contribution in [1.29, 1.82) is 0 Å².